The van der Waals surface area contributed by atoms with Crippen molar-refractivity contribution in [3.8, 4) is 0 Å². The number of nitrogens with zero attached hydrogens (tertiary/aromatic N) is 3. The van der Waals surface area contributed by atoms with Gasteiger partial charge in [-0.3, -0.25) is 0 Å². The second-order valence-electron chi connectivity index (χ2n) is 3.94. The number of aryl methyl sites for hydroxylation is 1. The molecule has 0 saturated carbocycles. The van der Waals surface area contributed by atoms with E-state index in [1.165, 1.54) is 12.2 Å². The van der Waals surface area contributed by atoms with Crippen molar-refractivity contribution in [2.24, 2.45) is 0 Å². The maximum atomic E-state index is 4.26. The molecule has 0 saturated heterocycles. The van der Waals surface area contributed by atoms with Gasteiger partial charge in [0.2, 0.25) is 0 Å². The van der Waals surface area contributed by atoms with Gasteiger partial charge >= 0.3 is 0 Å². The van der Waals surface area contributed by atoms with Crippen molar-refractivity contribution in [3.05, 3.63) is 11.6 Å². The predicted octanol–water partition coefficient (Wildman–Crippen LogP) is 0.937. The fraction of sp³-hybridized carbons (Fsp3) is 0.800. The van der Waals surface area contributed by atoms with Crippen molar-refractivity contribution in [1.82, 2.24) is 20.1 Å². The lowest BCUT2D eigenvalue weighted by Crippen LogP contribution is -2.21. The van der Waals surface area contributed by atoms with Gasteiger partial charge in [0, 0.05) is 25.4 Å². The summed E-state index contributed by atoms with van der Waals surface area (Å²) >= 11 is 0. The van der Waals surface area contributed by atoms with Crippen LogP contribution in [0.1, 0.15) is 37.8 Å². The summed E-state index contributed by atoms with van der Waals surface area (Å²) in [5, 5.41) is 11.8. The van der Waals surface area contributed by atoms with Crippen molar-refractivity contribution >= 4 is 0 Å². The summed E-state index contributed by atoms with van der Waals surface area (Å²) in [6, 6.07) is 0. The molecule has 4 nitrogen and oxygen atoms in total. The molecule has 0 aromatic carbocycles. The van der Waals surface area contributed by atoms with E-state index in [1.807, 2.05) is 0 Å². The average molecular weight is 194 g/mol. The van der Waals surface area contributed by atoms with Crippen molar-refractivity contribution in [3.63, 3.8) is 0 Å². The highest BCUT2D eigenvalue weighted by molar-refractivity contribution is 5.05. The molecule has 1 aliphatic heterocycles. The number of nitrogens with one attached hydrogen (secondary N) is 1. The van der Waals surface area contributed by atoms with Crippen LogP contribution in [0.15, 0.2) is 0 Å². The molecule has 1 N–H and O–H groups in total. The Hall–Kier alpha value is -0.900. The summed E-state index contributed by atoms with van der Waals surface area (Å²) in [5.41, 5.74) is 0. The summed E-state index contributed by atoms with van der Waals surface area (Å²) in [6.07, 6.45) is 2.33. The first kappa shape index (κ1) is 9.65. The molecule has 0 spiro atoms. The summed E-state index contributed by atoms with van der Waals surface area (Å²) in [6.45, 7) is 7.45. The SMILES string of the molecule is CCNCC(C)c1nnc2n1CCC2. The highest BCUT2D eigenvalue weighted by Gasteiger charge is 2.20. The quantitative estimate of drug-likeness (QED) is 0.775. The summed E-state index contributed by atoms with van der Waals surface area (Å²) in [5.74, 6) is 2.79. The van der Waals surface area contributed by atoms with Gasteiger partial charge in [0.25, 0.3) is 0 Å². The van der Waals surface area contributed by atoms with Gasteiger partial charge in [-0.25, -0.2) is 0 Å². The van der Waals surface area contributed by atoms with Gasteiger partial charge in [-0.1, -0.05) is 13.8 Å². The normalized spacial score (nSPS) is 17.0. The van der Waals surface area contributed by atoms with E-state index in [2.05, 4.69) is 33.9 Å². The lowest BCUT2D eigenvalue weighted by molar-refractivity contribution is 0.569. The molecule has 2 rings (SSSR count). The Morgan fingerprint density at radius 3 is 3.14 bits per heavy atom. The van der Waals surface area contributed by atoms with Crippen LogP contribution in [0.4, 0.5) is 0 Å². The van der Waals surface area contributed by atoms with Crippen molar-refractivity contribution in [1.29, 1.82) is 0 Å². The molecule has 0 fully saturated rings. The largest absolute Gasteiger partial charge is 0.316 e. The van der Waals surface area contributed by atoms with Crippen LogP contribution in [0.25, 0.3) is 0 Å². The maximum Gasteiger partial charge on any atom is 0.137 e. The topological polar surface area (TPSA) is 42.7 Å². The van der Waals surface area contributed by atoms with Crippen LogP contribution >= 0.6 is 0 Å². The molecular formula is C10H18N4. The Labute approximate surface area is 84.7 Å². The van der Waals surface area contributed by atoms with Crippen LogP contribution in [0, 0.1) is 0 Å². The molecule has 1 aliphatic rings. The van der Waals surface area contributed by atoms with E-state index in [0.29, 0.717) is 5.92 Å². The maximum absolute atomic E-state index is 4.26. The van der Waals surface area contributed by atoms with Gasteiger partial charge in [0.1, 0.15) is 11.6 Å². The molecule has 0 bridgehead atoms. The van der Waals surface area contributed by atoms with E-state index >= 15 is 0 Å². The highest BCUT2D eigenvalue weighted by atomic mass is 15.3. The van der Waals surface area contributed by atoms with Crippen LogP contribution in [0.3, 0.4) is 0 Å². The smallest absolute Gasteiger partial charge is 0.137 e. The molecular weight excluding hydrogens is 176 g/mol. The first-order valence-electron chi connectivity index (χ1n) is 5.45. The van der Waals surface area contributed by atoms with E-state index in [4.69, 9.17) is 0 Å². The Morgan fingerprint density at radius 2 is 2.36 bits per heavy atom. The molecule has 4 heteroatoms. The van der Waals surface area contributed by atoms with Gasteiger partial charge in [-0.15, -0.1) is 10.2 Å². The van der Waals surface area contributed by atoms with Gasteiger partial charge in [0.15, 0.2) is 0 Å². The minimum atomic E-state index is 0.467. The van der Waals surface area contributed by atoms with Crippen LogP contribution in [-0.4, -0.2) is 27.9 Å². The molecule has 0 amide bonds. The van der Waals surface area contributed by atoms with Gasteiger partial charge in [0.05, 0.1) is 0 Å². The summed E-state index contributed by atoms with van der Waals surface area (Å²) in [4.78, 5) is 0. The van der Waals surface area contributed by atoms with E-state index in [-0.39, 0.29) is 0 Å². The molecule has 78 valence electrons. The Balaban J connectivity index is 2.08. The van der Waals surface area contributed by atoms with E-state index < -0.39 is 0 Å². The summed E-state index contributed by atoms with van der Waals surface area (Å²) in [7, 11) is 0. The third kappa shape index (κ3) is 1.66. The molecule has 0 radical (unpaired) electrons. The Kier molecular flexibility index (Phi) is 2.82. The number of hydrogen-bond donors (Lipinski definition) is 1. The first-order chi connectivity index (χ1) is 6.83. The standard InChI is InChI=1S/C10H18N4/c1-3-11-7-8(2)10-13-12-9-5-4-6-14(9)10/h8,11H,3-7H2,1-2H3. The lowest BCUT2D eigenvalue weighted by atomic mass is 10.1. The van der Waals surface area contributed by atoms with Crippen LogP contribution in [0.2, 0.25) is 0 Å². The zero-order chi connectivity index (χ0) is 9.97. The number of hydrogen-bond acceptors (Lipinski definition) is 3. The second kappa shape index (κ2) is 4.09. The number of likely N-dealkylation sites (N-methyl/N-ethyl adjacent to an activating group) is 1. The Bertz CT molecular complexity index is 305. The number of rotatable bonds is 4. The minimum Gasteiger partial charge on any atom is -0.316 e. The number of fused-ring (bicyclic) bond motifs is 1. The third-order valence-corrected chi connectivity index (χ3v) is 2.78. The first-order valence-corrected chi connectivity index (χ1v) is 5.45. The Morgan fingerprint density at radius 1 is 1.50 bits per heavy atom. The van der Waals surface area contributed by atoms with Gasteiger partial charge in [-0.2, -0.15) is 0 Å². The van der Waals surface area contributed by atoms with E-state index in [1.54, 1.807) is 0 Å². The fourth-order valence-corrected chi connectivity index (χ4v) is 1.99. The van der Waals surface area contributed by atoms with E-state index in [0.717, 1.165) is 31.9 Å². The van der Waals surface area contributed by atoms with Crippen molar-refractivity contribution in [2.45, 2.75) is 39.2 Å². The molecule has 1 atom stereocenters. The molecule has 1 aromatic heterocycles. The molecule has 2 heterocycles. The van der Waals surface area contributed by atoms with Crippen LogP contribution < -0.4 is 5.32 Å². The highest BCUT2D eigenvalue weighted by Crippen LogP contribution is 2.19. The molecule has 1 aromatic rings. The fourth-order valence-electron chi connectivity index (χ4n) is 1.99. The number of aromatic nitrogens is 3. The minimum absolute atomic E-state index is 0.467. The lowest BCUT2D eigenvalue weighted by Gasteiger charge is -2.11. The van der Waals surface area contributed by atoms with E-state index in [9.17, 15) is 0 Å². The molecule has 14 heavy (non-hydrogen) atoms. The zero-order valence-corrected chi connectivity index (χ0v) is 8.95. The monoisotopic (exact) mass is 194 g/mol. The van der Waals surface area contributed by atoms with Crippen molar-refractivity contribution in [2.75, 3.05) is 13.1 Å². The van der Waals surface area contributed by atoms with Crippen LogP contribution in [0.5, 0.6) is 0 Å². The predicted molar refractivity (Wildman–Crippen MR) is 55.3 cm³/mol. The van der Waals surface area contributed by atoms with Crippen molar-refractivity contribution < 1.29 is 0 Å². The third-order valence-electron chi connectivity index (χ3n) is 2.78. The molecule has 0 aliphatic carbocycles. The average Bonchev–Trinajstić information content (AvgIpc) is 2.74. The van der Waals surface area contributed by atoms with Crippen LogP contribution in [-0.2, 0) is 13.0 Å². The van der Waals surface area contributed by atoms with Gasteiger partial charge in [-0.05, 0) is 13.0 Å². The molecule has 1 unspecified atom stereocenters. The zero-order valence-electron chi connectivity index (χ0n) is 8.95. The van der Waals surface area contributed by atoms with Gasteiger partial charge < -0.3 is 9.88 Å². The second-order valence-corrected chi connectivity index (χ2v) is 3.94. The summed E-state index contributed by atoms with van der Waals surface area (Å²) < 4.78 is 2.28.